The van der Waals surface area contributed by atoms with Gasteiger partial charge in [-0.2, -0.15) is 0 Å². The fourth-order valence-corrected chi connectivity index (χ4v) is 3.62. The first kappa shape index (κ1) is 13.1. The van der Waals surface area contributed by atoms with Crippen molar-refractivity contribution in [1.29, 1.82) is 0 Å². The van der Waals surface area contributed by atoms with Gasteiger partial charge in [0.25, 0.3) is 0 Å². The van der Waals surface area contributed by atoms with Gasteiger partial charge in [-0.05, 0) is 37.8 Å². The molecule has 0 radical (unpaired) electrons. The van der Waals surface area contributed by atoms with Crippen molar-refractivity contribution in [2.24, 2.45) is 5.73 Å². The Balaban J connectivity index is 1.90. The van der Waals surface area contributed by atoms with Crippen LogP contribution in [-0.2, 0) is 6.42 Å². The van der Waals surface area contributed by atoms with E-state index in [2.05, 4.69) is 29.5 Å². The Morgan fingerprint density at radius 2 is 2.12 bits per heavy atom. The van der Waals surface area contributed by atoms with Crippen molar-refractivity contribution < 1.29 is 0 Å². The summed E-state index contributed by atoms with van der Waals surface area (Å²) < 4.78 is 0. The van der Waals surface area contributed by atoms with E-state index < -0.39 is 0 Å². The normalized spacial score (nSPS) is 19.7. The molecule has 0 spiro atoms. The molecule has 96 valence electrons. The monoisotopic (exact) mass is 252 g/mol. The van der Waals surface area contributed by atoms with Crippen molar-refractivity contribution in [3.63, 3.8) is 0 Å². The Morgan fingerprint density at radius 3 is 2.71 bits per heavy atom. The first-order chi connectivity index (χ1) is 8.27. The van der Waals surface area contributed by atoms with E-state index in [9.17, 15) is 0 Å². The average molecular weight is 252 g/mol. The van der Waals surface area contributed by atoms with Gasteiger partial charge in [0.1, 0.15) is 0 Å². The van der Waals surface area contributed by atoms with Gasteiger partial charge in [0, 0.05) is 23.5 Å². The molecular weight excluding hydrogens is 228 g/mol. The molecule has 2 N–H and O–H groups in total. The van der Waals surface area contributed by atoms with E-state index in [1.54, 1.807) is 0 Å². The zero-order valence-corrected chi connectivity index (χ0v) is 11.6. The first-order valence-electron chi connectivity index (χ1n) is 6.70. The van der Waals surface area contributed by atoms with E-state index in [0.29, 0.717) is 0 Å². The molecule has 0 bridgehead atoms. The van der Waals surface area contributed by atoms with Gasteiger partial charge in [0.15, 0.2) is 0 Å². The molecule has 0 saturated heterocycles. The Bertz CT molecular complexity index is 315. The van der Waals surface area contributed by atoms with E-state index in [4.69, 9.17) is 5.73 Å². The van der Waals surface area contributed by atoms with Gasteiger partial charge < -0.3 is 5.73 Å². The molecular formula is C14H24N2S. The predicted molar refractivity (Wildman–Crippen MR) is 75.5 cm³/mol. The van der Waals surface area contributed by atoms with Gasteiger partial charge in [0.2, 0.25) is 0 Å². The third kappa shape index (κ3) is 3.09. The second kappa shape index (κ2) is 5.98. The maximum atomic E-state index is 6.05. The number of rotatable bonds is 5. The summed E-state index contributed by atoms with van der Waals surface area (Å²) in [5, 5.41) is 2.16. The topological polar surface area (TPSA) is 29.3 Å². The number of nitrogens with zero attached hydrogens (tertiary/aromatic N) is 1. The Kier molecular flexibility index (Phi) is 4.60. The Labute approximate surface area is 109 Å². The van der Waals surface area contributed by atoms with Gasteiger partial charge >= 0.3 is 0 Å². The van der Waals surface area contributed by atoms with E-state index in [1.165, 1.54) is 37.0 Å². The van der Waals surface area contributed by atoms with E-state index in [0.717, 1.165) is 19.5 Å². The van der Waals surface area contributed by atoms with Crippen LogP contribution in [0.5, 0.6) is 0 Å². The van der Waals surface area contributed by atoms with Crippen LogP contribution in [0.2, 0.25) is 0 Å². The van der Waals surface area contributed by atoms with Gasteiger partial charge in [-0.25, -0.2) is 0 Å². The zero-order valence-electron chi connectivity index (χ0n) is 10.8. The second-order valence-electron chi connectivity index (χ2n) is 5.24. The molecule has 1 saturated carbocycles. The smallest absolute Gasteiger partial charge is 0.0328 e. The number of thiophene rings is 1. The van der Waals surface area contributed by atoms with E-state index in [-0.39, 0.29) is 5.54 Å². The molecule has 1 fully saturated rings. The maximum Gasteiger partial charge on any atom is 0.0328 e. The fourth-order valence-electron chi connectivity index (χ4n) is 2.92. The lowest BCUT2D eigenvalue weighted by Gasteiger charge is -2.44. The van der Waals surface area contributed by atoms with E-state index >= 15 is 0 Å². The van der Waals surface area contributed by atoms with Crippen LogP contribution in [0.3, 0.4) is 0 Å². The van der Waals surface area contributed by atoms with Gasteiger partial charge in [-0.1, -0.05) is 25.3 Å². The van der Waals surface area contributed by atoms with Crippen molar-refractivity contribution in [3.05, 3.63) is 22.4 Å². The molecule has 2 rings (SSSR count). The van der Waals surface area contributed by atoms with Crippen molar-refractivity contribution in [1.82, 2.24) is 4.90 Å². The Morgan fingerprint density at radius 1 is 1.35 bits per heavy atom. The highest BCUT2D eigenvalue weighted by atomic mass is 32.1. The van der Waals surface area contributed by atoms with Crippen LogP contribution in [0.25, 0.3) is 0 Å². The Hall–Kier alpha value is -0.380. The predicted octanol–water partition coefficient (Wildman–Crippen LogP) is 2.88. The quantitative estimate of drug-likeness (QED) is 0.873. The SMILES string of the molecule is CN(CCc1cccs1)C1(CN)CCCCC1. The summed E-state index contributed by atoms with van der Waals surface area (Å²) in [4.78, 5) is 4.01. The molecule has 0 aliphatic heterocycles. The zero-order chi connectivity index (χ0) is 12.1. The summed E-state index contributed by atoms with van der Waals surface area (Å²) in [6.07, 6.45) is 7.81. The molecule has 17 heavy (non-hydrogen) atoms. The molecule has 1 heterocycles. The molecule has 0 aromatic carbocycles. The van der Waals surface area contributed by atoms with Crippen molar-refractivity contribution in [2.75, 3.05) is 20.1 Å². The highest BCUT2D eigenvalue weighted by Crippen LogP contribution is 2.32. The van der Waals surface area contributed by atoms with Crippen LogP contribution >= 0.6 is 11.3 Å². The third-order valence-corrected chi connectivity index (χ3v) is 5.18. The standard InChI is InChI=1S/C14H24N2S/c1-16(10-7-13-6-5-11-17-13)14(12-15)8-3-2-4-9-14/h5-6,11H,2-4,7-10,12,15H2,1H3. The average Bonchev–Trinajstić information content (AvgIpc) is 2.90. The molecule has 1 aromatic heterocycles. The summed E-state index contributed by atoms with van der Waals surface area (Å²) in [7, 11) is 2.26. The lowest BCUT2D eigenvalue weighted by molar-refractivity contribution is 0.0840. The fraction of sp³-hybridized carbons (Fsp3) is 0.714. The summed E-state index contributed by atoms with van der Waals surface area (Å²) in [6.45, 7) is 1.95. The maximum absolute atomic E-state index is 6.05. The summed E-state index contributed by atoms with van der Waals surface area (Å²) in [5.74, 6) is 0. The first-order valence-corrected chi connectivity index (χ1v) is 7.58. The van der Waals surface area contributed by atoms with Crippen molar-refractivity contribution >= 4 is 11.3 Å². The van der Waals surface area contributed by atoms with Gasteiger partial charge in [0.05, 0.1) is 0 Å². The van der Waals surface area contributed by atoms with Crippen LogP contribution < -0.4 is 5.73 Å². The minimum Gasteiger partial charge on any atom is -0.329 e. The molecule has 1 aromatic rings. The number of likely N-dealkylation sites (N-methyl/N-ethyl adjacent to an activating group) is 1. The number of hydrogen-bond acceptors (Lipinski definition) is 3. The molecule has 3 heteroatoms. The summed E-state index contributed by atoms with van der Waals surface area (Å²) in [6, 6.07) is 4.37. The molecule has 0 amide bonds. The van der Waals surface area contributed by atoms with Gasteiger partial charge in [-0.3, -0.25) is 4.90 Å². The van der Waals surface area contributed by atoms with Crippen LogP contribution in [0.1, 0.15) is 37.0 Å². The van der Waals surface area contributed by atoms with Crippen LogP contribution in [0, 0.1) is 0 Å². The summed E-state index contributed by atoms with van der Waals surface area (Å²) in [5.41, 5.74) is 6.34. The number of nitrogens with two attached hydrogens (primary N) is 1. The summed E-state index contributed by atoms with van der Waals surface area (Å²) >= 11 is 1.86. The minimum atomic E-state index is 0.287. The number of hydrogen-bond donors (Lipinski definition) is 1. The lowest BCUT2D eigenvalue weighted by Crippen LogP contribution is -2.53. The van der Waals surface area contributed by atoms with Crippen LogP contribution in [0.4, 0.5) is 0 Å². The van der Waals surface area contributed by atoms with E-state index in [1.807, 2.05) is 11.3 Å². The molecule has 0 atom stereocenters. The highest BCUT2D eigenvalue weighted by molar-refractivity contribution is 7.09. The van der Waals surface area contributed by atoms with Crippen LogP contribution in [0.15, 0.2) is 17.5 Å². The lowest BCUT2D eigenvalue weighted by atomic mass is 9.80. The molecule has 1 aliphatic rings. The minimum absolute atomic E-state index is 0.287. The third-order valence-electron chi connectivity index (χ3n) is 4.25. The largest absolute Gasteiger partial charge is 0.329 e. The van der Waals surface area contributed by atoms with Crippen LogP contribution in [-0.4, -0.2) is 30.6 Å². The molecule has 2 nitrogen and oxygen atoms in total. The second-order valence-corrected chi connectivity index (χ2v) is 6.27. The van der Waals surface area contributed by atoms with Gasteiger partial charge in [-0.15, -0.1) is 11.3 Å². The molecule has 1 aliphatic carbocycles. The highest BCUT2D eigenvalue weighted by Gasteiger charge is 2.34. The van der Waals surface area contributed by atoms with Crippen molar-refractivity contribution in [3.8, 4) is 0 Å². The molecule has 0 unspecified atom stereocenters. The van der Waals surface area contributed by atoms with Crippen molar-refractivity contribution in [2.45, 2.75) is 44.1 Å².